The maximum absolute atomic E-state index is 13.9. The fourth-order valence-electron chi connectivity index (χ4n) is 3.64. The summed E-state index contributed by atoms with van der Waals surface area (Å²) in [7, 11) is 4.97. The molecule has 1 fully saturated rings. The lowest BCUT2D eigenvalue weighted by Gasteiger charge is -2.35. The van der Waals surface area contributed by atoms with Gasteiger partial charge in [0.25, 0.3) is 0 Å². The zero-order valence-electron chi connectivity index (χ0n) is 18.8. The number of ether oxygens (including phenoxy) is 3. The lowest BCUT2D eigenvalue weighted by atomic mass is 10.0. The zero-order valence-corrected chi connectivity index (χ0v) is 21.1. The van der Waals surface area contributed by atoms with Gasteiger partial charge in [-0.25, -0.2) is 4.39 Å². The van der Waals surface area contributed by atoms with Crippen LogP contribution in [0.4, 0.5) is 4.39 Å². The summed E-state index contributed by atoms with van der Waals surface area (Å²) >= 11 is 0. The first-order valence-electron chi connectivity index (χ1n) is 10.4. The lowest BCUT2D eigenvalue weighted by Crippen LogP contribution is -2.46. The molecular formula is C23H32FIN4O3. The molecule has 0 spiro atoms. The van der Waals surface area contributed by atoms with Gasteiger partial charge in [0.1, 0.15) is 5.82 Å². The average Bonchev–Trinajstić information content (AvgIpc) is 2.82. The van der Waals surface area contributed by atoms with E-state index in [1.54, 1.807) is 33.4 Å². The van der Waals surface area contributed by atoms with Crippen LogP contribution in [0.25, 0.3) is 0 Å². The Balaban J connectivity index is 0.00000363. The van der Waals surface area contributed by atoms with E-state index in [-0.39, 0.29) is 35.8 Å². The quantitative estimate of drug-likeness (QED) is 0.295. The molecule has 0 saturated carbocycles. The molecule has 0 amide bonds. The molecule has 0 radical (unpaired) electrons. The summed E-state index contributed by atoms with van der Waals surface area (Å²) in [4.78, 5) is 6.67. The van der Waals surface area contributed by atoms with E-state index in [2.05, 4.69) is 26.6 Å². The number of morpholine rings is 1. The molecule has 1 unspecified atom stereocenters. The fraction of sp³-hybridized carbons (Fsp3) is 0.435. The lowest BCUT2D eigenvalue weighted by molar-refractivity contribution is 0.0169. The molecule has 1 saturated heterocycles. The highest BCUT2D eigenvalue weighted by Crippen LogP contribution is 2.32. The Hall–Kier alpha value is -2.11. The highest BCUT2D eigenvalue weighted by atomic mass is 127. The molecule has 1 aliphatic rings. The molecule has 2 N–H and O–H groups in total. The summed E-state index contributed by atoms with van der Waals surface area (Å²) < 4.78 is 30.3. The van der Waals surface area contributed by atoms with E-state index in [0.717, 1.165) is 18.7 Å². The number of nitrogens with one attached hydrogen (secondary N) is 2. The molecule has 2 aromatic rings. The Kier molecular flexibility index (Phi) is 11.0. The van der Waals surface area contributed by atoms with Crippen LogP contribution in [0.5, 0.6) is 11.5 Å². The summed E-state index contributed by atoms with van der Waals surface area (Å²) in [6.45, 7) is 4.04. The van der Waals surface area contributed by atoms with Crippen LogP contribution in [0, 0.1) is 5.82 Å². The Labute approximate surface area is 206 Å². The summed E-state index contributed by atoms with van der Waals surface area (Å²) in [5, 5.41) is 6.57. The van der Waals surface area contributed by atoms with Crippen LogP contribution in [0.15, 0.2) is 47.5 Å². The second-order valence-electron chi connectivity index (χ2n) is 7.18. The van der Waals surface area contributed by atoms with E-state index < -0.39 is 0 Å². The first-order chi connectivity index (χ1) is 15.2. The second-order valence-corrected chi connectivity index (χ2v) is 7.18. The number of nitrogens with zero attached hydrogens (tertiary/aromatic N) is 2. The van der Waals surface area contributed by atoms with E-state index in [1.165, 1.54) is 6.07 Å². The Morgan fingerprint density at radius 1 is 1.09 bits per heavy atom. The molecule has 7 nitrogen and oxygen atoms in total. The molecule has 1 aliphatic heterocycles. The number of halogens is 2. The third kappa shape index (κ3) is 6.94. The van der Waals surface area contributed by atoms with Crippen molar-refractivity contribution in [3.63, 3.8) is 0 Å². The first kappa shape index (κ1) is 26.1. The summed E-state index contributed by atoms with van der Waals surface area (Å²) in [5.41, 5.74) is 1.70. The third-order valence-corrected chi connectivity index (χ3v) is 5.37. The number of methoxy groups -OCH3 is 2. The average molecular weight is 558 g/mol. The number of benzene rings is 2. The molecule has 9 heteroatoms. The number of hydrogen-bond acceptors (Lipinski definition) is 5. The van der Waals surface area contributed by atoms with Crippen molar-refractivity contribution in [1.29, 1.82) is 0 Å². The standard InChI is InChI=1S/C23H31FN4O3.HI/c1-25-23(26-15-18-6-4-5-7-19(18)24)27-16-20(28-10-12-31-13-11-28)17-8-9-21(29-2)22(14-17)30-3;/h4-9,14,20H,10-13,15-16H2,1-3H3,(H2,25,26,27);1H. The maximum Gasteiger partial charge on any atom is 0.191 e. The van der Waals surface area contributed by atoms with Crippen molar-refractivity contribution in [2.45, 2.75) is 12.6 Å². The molecule has 2 aromatic carbocycles. The molecule has 1 heterocycles. The van der Waals surface area contributed by atoms with Crippen molar-refractivity contribution in [1.82, 2.24) is 15.5 Å². The van der Waals surface area contributed by atoms with Crippen LogP contribution in [-0.2, 0) is 11.3 Å². The normalized spacial score (nSPS) is 15.4. The van der Waals surface area contributed by atoms with Gasteiger partial charge >= 0.3 is 0 Å². The van der Waals surface area contributed by atoms with E-state index >= 15 is 0 Å². The molecule has 3 rings (SSSR count). The van der Waals surface area contributed by atoms with Crippen molar-refractivity contribution in [3.05, 3.63) is 59.4 Å². The molecule has 1 atom stereocenters. The van der Waals surface area contributed by atoms with Gasteiger partial charge in [-0.1, -0.05) is 24.3 Å². The largest absolute Gasteiger partial charge is 0.493 e. The van der Waals surface area contributed by atoms with Crippen molar-refractivity contribution in [2.75, 3.05) is 54.1 Å². The van der Waals surface area contributed by atoms with Crippen molar-refractivity contribution in [2.24, 2.45) is 4.99 Å². The Morgan fingerprint density at radius 2 is 1.81 bits per heavy atom. The topological polar surface area (TPSA) is 67.4 Å². The summed E-state index contributed by atoms with van der Waals surface area (Å²) in [6.07, 6.45) is 0. The highest BCUT2D eigenvalue weighted by molar-refractivity contribution is 14.0. The first-order valence-corrected chi connectivity index (χ1v) is 10.4. The summed E-state index contributed by atoms with van der Waals surface area (Å²) in [5.74, 6) is 1.77. The van der Waals surface area contributed by atoms with Gasteiger partial charge in [-0.15, -0.1) is 24.0 Å². The van der Waals surface area contributed by atoms with Crippen LogP contribution in [0.3, 0.4) is 0 Å². The maximum atomic E-state index is 13.9. The smallest absolute Gasteiger partial charge is 0.191 e. The van der Waals surface area contributed by atoms with E-state index in [1.807, 2.05) is 18.2 Å². The van der Waals surface area contributed by atoms with Crippen LogP contribution < -0.4 is 20.1 Å². The van der Waals surface area contributed by atoms with Crippen molar-refractivity contribution < 1.29 is 18.6 Å². The predicted octanol–water partition coefficient (Wildman–Crippen LogP) is 3.20. The number of hydrogen-bond donors (Lipinski definition) is 2. The minimum atomic E-state index is -0.234. The van der Waals surface area contributed by atoms with E-state index in [4.69, 9.17) is 14.2 Å². The molecule has 176 valence electrons. The zero-order chi connectivity index (χ0) is 22.1. The number of rotatable bonds is 8. The second kappa shape index (κ2) is 13.4. The third-order valence-electron chi connectivity index (χ3n) is 5.37. The Bertz CT molecular complexity index is 878. The SMILES string of the molecule is CN=C(NCc1ccccc1F)NCC(c1ccc(OC)c(OC)c1)N1CCOCC1.I. The number of guanidine groups is 1. The van der Waals surface area contributed by atoms with Gasteiger partial charge in [0.05, 0.1) is 33.5 Å². The molecule has 0 aliphatic carbocycles. The van der Waals surface area contributed by atoms with Crippen LogP contribution in [0.2, 0.25) is 0 Å². The van der Waals surface area contributed by atoms with Gasteiger partial charge < -0.3 is 24.8 Å². The van der Waals surface area contributed by atoms with Crippen LogP contribution in [-0.4, -0.2) is 65.0 Å². The van der Waals surface area contributed by atoms with Gasteiger partial charge in [-0.2, -0.15) is 0 Å². The highest BCUT2D eigenvalue weighted by Gasteiger charge is 2.24. The van der Waals surface area contributed by atoms with Crippen LogP contribution >= 0.6 is 24.0 Å². The summed E-state index contributed by atoms with van der Waals surface area (Å²) in [6, 6.07) is 12.8. The molecule has 0 bridgehead atoms. The van der Waals surface area contributed by atoms with Crippen molar-refractivity contribution in [3.8, 4) is 11.5 Å². The van der Waals surface area contributed by atoms with E-state index in [9.17, 15) is 4.39 Å². The molecule has 32 heavy (non-hydrogen) atoms. The van der Waals surface area contributed by atoms with Crippen molar-refractivity contribution >= 4 is 29.9 Å². The van der Waals surface area contributed by atoms with Gasteiger partial charge in [0.15, 0.2) is 17.5 Å². The molecular weight excluding hydrogens is 526 g/mol. The van der Waals surface area contributed by atoms with Gasteiger partial charge in [0.2, 0.25) is 0 Å². The minimum Gasteiger partial charge on any atom is -0.493 e. The van der Waals surface area contributed by atoms with Gasteiger partial charge in [-0.05, 0) is 23.8 Å². The molecule has 0 aromatic heterocycles. The van der Waals surface area contributed by atoms with Gasteiger partial charge in [0, 0.05) is 38.8 Å². The van der Waals surface area contributed by atoms with Gasteiger partial charge in [-0.3, -0.25) is 9.89 Å². The Morgan fingerprint density at radius 3 is 2.47 bits per heavy atom. The number of aliphatic imine (C=N–C) groups is 1. The minimum absolute atomic E-state index is 0. The predicted molar refractivity (Wildman–Crippen MR) is 135 cm³/mol. The fourth-order valence-corrected chi connectivity index (χ4v) is 3.64. The van der Waals surface area contributed by atoms with E-state index in [0.29, 0.717) is 49.3 Å². The van der Waals surface area contributed by atoms with Crippen LogP contribution in [0.1, 0.15) is 17.2 Å². The monoisotopic (exact) mass is 558 g/mol.